The van der Waals surface area contributed by atoms with E-state index in [2.05, 4.69) is 9.97 Å². The molecule has 0 spiro atoms. The lowest BCUT2D eigenvalue weighted by Crippen LogP contribution is -2.14. The first-order valence-electron chi connectivity index (χ1n) is 5.41. The lowest BCUT2D eigenvalue weighted by molar-refractivity contribution is 0.0682. The minimum atomic E-state index is -1.30. The number of hydrogen-bond acceptors (Lipinski definition) is 5. The van der Waals surface area contributed by atoms with Crippen molar-refractivity contribution in [2.24, 2.45) is 0 Å². The van der Waals surface area contributed by atoms with Crippen molar-refractivity contribution in [3.63, 3.8) is 0 Å². The number of carbonyl (C=O) groups excluding carboxylic acids is 1. The van der Waals surface area contributed by atoms with Gasteiger partial charge in [0.1, 0.15) is 5.75 Å². The maximum atomic E-state index is 11.8. The second kappa shape index (κ2) is 5.26. The third kappa shape index (κ3) is 3.12. The van der Waals surface area contributed by atoms with E-state index in [0.717, 1.165) is 5.56 Å². The summed E-state index contributed by atoms with van der Waals surface area (Å²) in [6.45, 7) is 1.91. The number of carboxylic acids is 1. The monoisotopic (exact) mass is 258 g/mol. The van der Waals surface area contributed by atoms with E-state index in [9.17, 15) is 9.59 Å². The number of aromatic nitrogens is 2. The van der Waals surface area contributed by atoms with Crippen LogP contribution in [0.3, 0.4) is 0 Å². The Kier molecular flexibility index (Phi) is 3.51. The summed E-state index contributed by atoms with van der Waals surface area (Å²) in [5.41, 5.74) is 0.933. The van der Waals surface area contributed by atoms with Gasteiger partial charge in [0.15, 0.2) is 5.69 Å². The van der Waals surface area contributed by atoms with Crippen molar-refractivity contribution in [2.45, 2.75) is 6.92 Å². The van der Waals surface area contributed by atoms with Crippen LogP contribution in [0.4, 0.5) is 0 Å². The first-order chi connectivity index (χ1) is 9.06. The Hall–Kier alpha value is -2.76. The minimum Gasteiger partial charge on any atom is -0.475 e. The maximum Gasteiger partial charge on any atom is 0.373 e. The van der Waals surface area contributed by atoms with Gasteiger partial charge in [-0.3, -0.25) is 0 Å². The normalized spacial score (nSPS) is 9.95. The summed E-state index contributed by atoms with van der Waals surface area (Å²) >= 11 is 0. The van der Waals surface area contributed by atoms with E-state index < -0.39 is 17.8 Å². The SMILES string of the molecule is Cc1ccc(OC(=O)c2ccnc(C(=O)O)n2)cc1. The first kappa shape index (κ1) is 12.7. The third-order valence-electron chi connectivity index (χ3n) is 2.29. The quantitative estimate of drug-likeness (QED) is 0.665. The number of esters is 1. The topological polar surface area (TPSA) is 89.4 Å². The van der Waals surface area contributed by atoms with Crippen LogP contribution in [0.2, 0.25) is 0 Å². The smallest absolute Gasteiger partial charge is 0.373 e. The van der Waals surface area contributed by atoms with Crippen LogP contribution in [0.5, 0.6) is 5.75 Å². The second-order valence-electron chi connectivity index (χ2n) is 3.77. The van der Waals surface area contributed by atoms with Crippen LogP contribution in [0.1, 0.15) is 26.7 Å². The van der Waals surface area contributed by atoms with E-state index in [0.29, 0.717) is 5.75 Å². The Morgan fingerprint density at radius 1 is 1.16 bits per heavy atom. The highest BCUT2D eigenvalue weighted by Gasteiger charge is 2.14. The molecule has 0 aliphatic rings. The van der Waals surface area contributed by atoms with Gasteiger partial charge < -0.3 is 9.84 Å². The summed E-state index contributed by atoms with van der Waals surface area (Å²) in [6, 6.07) is 8.18. The van der Waals surface area contributed by atoms with E-state index >= 15 is 0 Å². The van der Waals surface area contributed by atoms with Gasteiger partial charge in [0.25, 0.3) is 0 Å². The van der Waals surface area contributed by atoms with Crippen molar-refractivity contribution in [1.82, 2.24) is 9.97 Å². The molecule has 0 bridgehead atoms. The molecule has 0 saturated heterocycles. The van der Waals surface area contributed by atoms with Gasteiger partial charge >= 0.3 is 11.9 Å². The van der Waals surface area contributed by atoms with Crippen molar-refractivity contribution in [1.29, 1.82) is 0 Å². The summed E-state index contributed by atoms with van der Waals surface area (Å²) in [4.78, 5) is 29.6. The summed E-state index contributed by atoms with van der Waals surface area (Å²) in [6.07, 6.45) is 1.20. The molecule has 1 heterocycles. The van der Waals surface area contributed by atoms with Crippen LogP contribution >= 0.6 is 0 Å². The maximum absolute atomic E-state index is 11.8. The zero-order valence-electron chi connectivity index (χ0n) is 10.0. The molecule has 2 aromatic rings. The van der Waals surface area contributed by atoms with Gasteiger partial charge in [-0.2, -0.15) is 0 Å². The average Bonchev–Trinajstić information content (AvgIpc) is 2.41. The number of ether oxygens (including phenoxy) is 1. The Bertz CT molecular complexity index is 623. The molecule has 1 aromatic carbocycles. The zero-order chi connectivity index (χ0) is 13.8. The third-order valence-corrected chi connectivity index (χ3v) is 2.29. The highest BCUT2D eigenvalue weighted by molar-refractivity contribution is 5.90. The largest absolute Gasteiger partial charge is 0.475 e. The molecular weight excluding hydrogens is 248 g/mol. The van der Waals surface area contributed by atoms with Crippen molar-refractivity contribution in [3.05, 3.63) is 53.6 Å². The Balaban J connectivity index is 2.18. The summed E-state index contributed by atoms with van der Waals surface area (Å²) in [7, 11) is 0. The van der Waals surface area contributed by atoms with Crippen LogP contribution in [0.15, 0.2) is 36.5 Å². The molecule has 19 heavy (non-hydrogen) atoms. The summed E-state index contributed by atoms with van der Waals surface area (Å²) in [5.74, 6) is -2.11. The van der Waals surface area contributed by atoms with Gasteiger partial charge in [-0.1, -0.05) is 17.7 Å². The van der Waals surface area contributed by atoms with Crippen molar-refractivity contribution in [2.75, 3.05) is 0 Å². The molecule has 0 aliphatic carbocycles. The van der Waals surface area contributed by atoms with Gasteiger partial charge in [0, 0.05) is 6.20 Å². The number of carboxylic acid groups (broad SMARTS) is 1. The van der Waals surface area contributed by atoms with Crippen LogP contribution < -0.4 is 4.74 Å². The fourth-order valence-electron chi connectivity index (χ4n) is 1.34. The van der Waals surface area contributed by atoms with Gasteiger partial charge in [-0.15, -0.1) is 0 Å². The number of aryl methyl sites for hydroxylation is 1. The average molecular weight is 258 g/mol. The second-order valence-corrected chi connectivity index (χ2v) is 3.77. The number of rotatable bonds is 3. The molecule has 0 amide bonds. The molecule has 0 radical (unpaired) electrons. The van der Waals surface area contributed by atoms with E-state index in [1.807, 2.05) is 6.92 Å². The van der Waals surface area contributed by atoms with Gasteiger partial charge in [-0.25, -0.2) is 19.6 Å². The molecule has 0 atom stereocenters. The molecule has 1 aromatic heterocycles. The summed E-state index contributed by atoms with van der Waals surface area (Å²) < 4.78 is 5.07. The highest BCUT2D eigenvalue weighted by atomic mass is 16.5. The summed E-state index contributed by atoms with van der Waals surface area (Å²) in [5, 5.41) is 8.73. The molecule has 0 fully saturated rings. The first-order valence-corrected chi connectivity index (χ1v) is 5.41. The standard InChI is InChI=1S/C13H10N2O4/c1-8-2-4-9(5-3-8)19-13(18)10-6-7-14-11(15-10)12(16)17/h2-7H,1H3,(H,16,17). The highest BCUT2D eigenvalue weighted by Crippen LogP contribution is 2.13. The van der Waals surface area contributed by atoms with Crippen LogP contribution in [0, 0.1) is 6.92 Å². The van der Waals surface area contributed by atoms with Gasteiger partial charge in [-0.05, 0) is 25.1 Å². The molecular formula is C13H10N2O4. The number of nitrogens with zero attached hydrogens (tertiary/aromatic N) is 2. The lowest BCUT2D eigenvalue weighted by atomic mass is 10.2. The van der Waals surface area contributed by atoms with Crippen molar-refractivity contribution < 1.29 is 19.4 Å². The minimum absolute atomic E-state index is 0.104. The molecule has 6 heteroatoms. The van der Waals surface area contributed by atoms with E-state index in [1.165, 1.54) is 12.3 Å². The zero-order valence-corrected chi connectivity index (χ0v) is 10.0. The van der Waals surface area contributed by atoms with Crippen LogP contribution in [0.25, 0.3) is 0 Å². The predicted octanol–water partition coefficient (Wildman–Crippen LogP) is 1.70. The fraction of sp³-hybridized carbons (Fsp3) is 0.0769. The van der Waals surface area contributed by atoms with E-state index in [1.54, 1.807) is 24.3 Å². The number of carbonyl (C=O) groups is 2. The molecule has 0 aliphatic heterocycles. The Morgan fingerprint density at radius 3 is 2.47 bits per heavy atom. The molecule has 6 nitrogen and oxygen atoms in total. The molecule has 96 valence electrons. The van der Waals surface area contributed by atoms with Gasteiger partial charge in [0.05, 0.1) is 0 Å². The predicted molar refractivity (Wildman–Crippen MR) is 65.1 cm³/mol. The Morgan fingerprint density at radius 2 is 1.84 bits per heavy atom. The van der Waals surface area contributed by atoms with Crippen molar-refractivity contribution >= 4 is 11.9 Å². The number of benzene rings is 1. The Labute approximate surface area is 108 Å². The van der Waals surface area contributed by atoms with E-state index in [-0.39, 0.29) is 5.69 Å². The van der Waals surface area contributed by atoms with E-state index in [4.69, 9.17) is 9.84 Å². The molecule has 0 unspecified atom stereocenters. The number of hydrogen-bond donors (Lipinski definition) is 1. The fourth-order valence-corrected chi connectivity index (χ4v) is 1.34. The number of aromatic carboxylic acids is 1. The van der Waals surface area contributed by atoms with Crippen LogP contribution in [-0.2, 0) is 0 Å². The molecule has 1 N–H and O–H groups in total. The molecule has 0 saturated carbocycles. The lowest BCUT2D eigenvalue weighted by Gasteiger charge is -2.04. The molecule has 2 rings (SSSR count). The van der Waals surface area contributed by atoms with Gasteiger partial charge in [0.2, 0.25) is 5.82 Å². The van der Waals surface area contributed by atoms with Crippen LogP contribution in [-0.4, -0.2) is 27.0 Å². The van der Waals surface area contributed by atoms with Crippen molar-refractivity contribution in [3.8, 4) is 5.75 Å².